The van der Waals surface area contributed by atoms with E-state index in [4.69, 9.17) is 11.6 Å². The van der Waals surface area contributed by atoms with Crippen LogP contribution >= 0.6 is 50.1 Å². The maximum absolute atomic E-state index is 12.0. The minimum Gasteiger partial charge on any atom is -0.306 e. The van der Waals surface area contributed by atoms with Crippen LogP contribution in [0.5, 0.6) is 0 Å². The zero-order chi connectivity index (χ0) is 13.6. The first-order valence-electron chi connectivity index (χ1n) is 5.81. The molecule has 1 aromatic heterocycles. The van der Waals surface area contributed by atoms with E-state index >= 15 is 0 Å². The van der Waals surface area contributed by atoms with Gasteiger partial charge in [0.05, 0.1) is 14.3 Å². The van der Waals surface area contributed by atoms with E-state index in [0.29, 0.717) is 20.3 Å². The van der Waals surface area contributed by atoms with Gasteiger partial charge in [-0.2, -0.15) is 0 Å². The van der Waals surface area contributed by atoms with Gasteiger partial charge in [0.15, 0.2) is 0 Å². The lowest BCUT2D eigenvalue weighted by molar-refractivity contribution is 0.958. The van der Waals surface area contributed by atoms with Crippen LogP contribution in [0.1, 0.15) is 24.5 Å². The summed E-state index contributed by atoms with van der Waals surface area (Å²) in [6, 6.07) is 5.51. The molecule has 0 unspecified atom stereocenters. The maximum atomic E-state index is 12.0. The van der Waals surface area contributed by atoms with Gasteiger partial charge in [-0.05, 0) is 53.6 Å². The highest BCUT2D eigenvalue weighted by Crippen LogP contribution is 2.41. The summed E-state index contributed by atoms with van der Waals surface area (Å²) in [5.74, 6) is 0.970. The van der Waals surface area contributed by atoms with E-state index in [1.807, 2.05) is 12.1 Å². The molecule has 3 nitrogen and oxygen atoms in total. The molecular formula is C13H9BrClIN2O. The second kappa shape index (κ2) is 5.18. The van der Waals surface area contributed by atoms with E-state index in [1.165, 1.54) is 0 Å². The molecule has 0 radical (unpaired) electrons. The van der Waals surface area contributed by atoms with Crippen molar-refractivity contribution in [2.45, 2.75) is 18.8 Å². The van der Waals surface area contributed by atoms with Crippen molar-refractivity contribution >= 4 is 50.1 Å². The van der Waals surface area contributed by atoms with E-state index < -0.39 is 0 Å². The molecule has 19 heavy (non-hydrogen) atoms. The number of nitrogens with zero attached hydrogens (tertiary/aromatic N) is 1. The molecule has 0 saturated heterocycles. The second-order valence-corrected chi connectivity index (χ2v) is 6.91. The SMILES string of the molecule is O=c1[nH]c(-c2cc(Br)ccc2Cl)nc(C2CC2)c1I. The molecule has 2 aromatic rings. The summed E-state index contributed by atoms with van der Waals surface area (Å²) in [6.07, 6.45) is 2.22. The van der Waals surface area contributed by atoms with Crippen molar-refractivity contribution in [3.63, 3.8) is 0 Å². The number of rotatable bonds is 2. The van der Waals surface area contributed by atoms with E-state index in [9.17, 15) is 4.79 Å². The molecule has 0 aliphatic heterocycles. The summed E-state index contributed by atoms with van der Waals surface area (Å²) >= 11 is 11.7. The van der Waals surface area contributed by atoms with Crippen molar-refractivity contribution < 1.29 is 0 Å². The third-order valence-electron chi connectivity index (χ3n) is 3.04. The Morgan fingerprint density at radius 3 is 2.84 bits per heavy atom. The Labute approximate surface area is 137 Å². The van der Waals surface area contributed by atoms with Gasteiger partial charge in [-0.3, -0.25) is 4.79 Å². The molecule has 1 aliphatic carbocycles. The topological polar surface area (TPSA) is 45.8 Å². The quantitative estimate of drug-likeness (QED) is 0.691. The van der Waals surface area contributed by atoms with Crippen molar-refractivity contribution in [2.24, 2.45) is 0 Å². The van der Waals surface area contributed by atoms with E-state index in [1.54, 1.807) is 6.07 Å². The van der Waals surface area contributed by atoms with Crippen LogP contribution in [0.15, 0.2) is 27.5 Å². The average Bonchev–Trinajstić information content (AvgIpc) is 3.20. The molecular weight excluding hydrogens is 442 g/mol. The molecule has 0 atom stereocenters. The average molecular weight is 451 g/mol. The van der Waals surface area contributed by atoms with E-state index in [-0.39, 0.29) is 5.56 Å². The van der Waals surface area contributed by atoms with Crippen LogP contribution in [0.4, 0.5) is 0 Å². The van der Waals surface area contributed by atoms with Crippen LogP contribution < -0.4 is 5.56 Å². The van der Waals surface area contributed by atoms with Crippen LogP contribution in [0.25, 0.3) is 11.4 Å². The van der Waals surface area contributed by atoms with Gasteiger partial charge in [0, 0.05) is 16.0 Å². The van der Waals surface area contributed by atoms with E-state index in [0.717, 1.165) is 28.6 Å². The van der Waals surface area contributed by atoms with Crippen molar-refractivity contribution in [3.8, 4) is 11.4 Å². The molecule has 0 spiro atoms. The fourth-order valence-corrected chi connectivity index (χ4v) is 3.17. The molecule has 1 heterocycles. The van der Waals surface area contributed by atoms with Crippen LogP contribution in [-0.4, -0.2) is 9.97 Å². The smallest absolute Gasteiger partial charge is 0.264 e. The highest BCUT2D eigenvalue weighted by molar-refractivity contribution is 14.1. The molecule has 1 aromatic carbocycles. The van der Waals surface area contributed by atoms with Crippen molar-refractivity contribution in [1.82, 2.24) is 9.97 Å². The summed E-state index contributed by atoms with van der Waals surface area (Å²) in [7, 11) is 0. The first-order chi connectivity index (χ1) is 9.06. The number of hydrogen-bond acceptors (Lipinski definition) is 2. The number of nitrogens with one attached hydrogen (secondary N) is 1. The first kappa shape index (κ1) is 13.6. The second-order valence-electron chi connectivity index (χ2n) is 4.51. The van der Waals surface area contributed by atoms with Crippen molar-refractivity contribution in [3.05, 3.63) is 47.3 Å². The third-order valence-corrected chi connectivity index (χ3v) is 4.90. The summed E-state index contributed by atoms with van der Waals surface area (Å²) in [5.41, 5.74) is 1.55. The lowest BCUT2D eigenvalue weighted by Crippen LogP contribution is -2.16. The summed E-state index contributed by atoms with van der Waals surface area (Å²) in [4.78, 5) is 19.4. The predicted molar refractivity (Wildman–Crippen MR) is 87.7 cm³/mol. The molecule has 98 valence electrons. The van der Waals surface area contributed by atoms with E-state index in [2.05, 4.69) is 48.5 Å². The number of hydrogen-bond donors (Lipinski definition) is 1. The fourth-order valence-electron chi connectivity index (χ4n) is 1.91. The largest absolute Gasteiger partial charge is 0.306 e. The Hall–Kier alpha value is -0.400. The Morgan fingerprint density at radius 1 is 1.42 bits per heavy atom. The van der Waals surface area contributed by atoms with Gasteiger partial charge in [-0.1, -0.05) is 27.5 Å². The fraction of sp³-hybridized carbons (Fsp3) is 0.231. The molecule has 6 heteroatoms. The summed E-state index contributed by atoms with van der Waals surface area (Å²) < 4.78 is 1.59. The number of aromatic amines is 1. The Balaban J connectivity index is 2.20. The normalized spacial score (nSPS) is 14.7. The lowest BCUT2D eigenvalue weighted by Gasteiger charge is -2.08. The van der Waals surface area contributed by atoms with Crippen LogP contribution in [-0.2, 0) is 0 Å². The monoisotopic (exact) mass is 450 g/mol. The van der Waals surface area contributed by atoms with Gasteiger partial charge in [-0.15, -0.1) is 0 Å². The highest BCUT2D eigenvalue weighted by atomic mass is 127. The maximum Gasteiger partial charge on any atom is 0.264 e. The molecule has 1 aliphatic rings. The lowest BCUT2D eigenvalue weighted by atomic mass is 10.2. The van der Waals surface area contributed by atoms with Gasteiger partial charge in [0.25, 0.3) is 5.56 Å². The summed E-state index contributed by atoms with van der Waals surface area (Å²) in [6.45, 7) is 0. The predicted octanol–water partition coefficient (Wildman–Crippen LogP) is 4.33. The van der Waals surface area contributed by atoms with Gasteiger partial charge < -0.3 is 4.98 Å². The molecule has 3 rings (SSSR count). The Morgan fingerprint density at radius 2 is 2.16 bits per heavy atom. The molecule has 1 fully saturated rings. The zero-order valence-electron chi connectivity index (χ0n) is 9.71. The number of H-pyrrole nitrogens is 1. The molecule has 0 amide bonds. The van der Waals surface area contributed by atoms with Crippen LogP contribution in [0.2, 0.25) is 5.02 Å². The molecule has 0 bridgehead atoms. The minimum absolute atomic E-state index is 0.0939. The molecule has 1 N–H and O–H groups in total. The number of aromatic nitrogens is 2. The van der Waals surface area contributed by atoms with Gasteiger partial charge in [0.1, 0.15) is 5.82 Å². The third kappa shape index (κ3) is 2.73. The van der Waals surface area contributed by atoms with Crippen molar-refractivity contribution in [1.29, 1.82) is 0 Å². The van der Waals surface area contributed by atoms with Crippen LogP contribution in [0, 0.1) is 3.57 Å². The van der Waals surface area contributed by atoms with Crippen molar-refractivity contribution in [2.75, 3.05) is 0 Å². The Bertz CT molecular complexity index is 712. The zero-order valence-corrected chi connectivity index (χ0v) is 14.2. The minimum atomic E-state index is -0.0939. The highest BCUT2D eigenvalue weighted by Gasteiger charge is 2.29. The standard InChI is InChI=1S/C13H9BrClIN2O/c14-7-3-4-9(15)8(5-7)12-17-11(6-1-2-6)10(16)13(19)18-12/h3-6H,1-2H2,(H,17,18,19). The number of benzene rings is 1. The molecule has 1 saturated carbocycles. The first-order valence-corrected chi connectivity index (χ1v) is 8.06. The van der Waals surface area contributed by atoms with Gasteiger partial charge in [0.2, 0.25) is 0 Å². The van der Waals surface area contributed by atoms with Gasteiger partial charge >= 0.3 is 0 Å². The van der Waals surface area contributed by atoms with Crippen LogP contribution in [0.3, 0.4) is 0 Å². The number of halogens is 3. The van der Waals surface area contributed by atoms with Gasteiger partial charge in [-0.25, -0.2) is 4.98 Å². The summed E-state index contributed by atoms with van der Waals surface area (Å²) in [5, 5.41) is 0.578. The Kier molecular flexibility index (Phi) is 3.70.